The molecule has 1 aliphatic carbocycles. The lowest BCUT2D eigenvalue weighted by molar-refractivity contribution is -0.338. The van der Waals surface area contributed by atoms with E-state index in [0.29, 0.717) is 0 Å². The van der Waals surface area contributed by atoms with Crippen molar-refractivity contribution in [2.45, 2.75) is 129 Å². The van der Waals surface area contributed by atoms with Crippen LogP contribution >= 0.6 is 0 Å². The molecule has 0 saturated carbocycles. The second-order valence-electron chi connectivity index (χ2n) is 16.5. The van der Waals surface area contributed by atoms with Crippen LogP contribution in [-0.4, -0.2) is 85.7 Å². The van der Waals surface area contributed by atoms with Crippen LogP contribution in [0.4, 0.5) is 0 Å². The molecule has 2 heterocycles. The van der Waals surface area contributed by atoms with Crippen molar-refractivity contribution >= 4 is 23.9 Å². The number of ether oxygens (including phenoxy) is 9. The van der Waals surface area contributed by atoms with Crippen LogP contribution in [0.15, 0.2) is 90.0 Å². The second kappa shape index (κ2) is 20.4. The topological polar surface area (TPSA) is 200 Å². The van der Waals surface area contributed by atoms with E-state index in [1.54, 1.807) is 37.3 Å². The lowest BCUT2D eigenvalue weighted by Gasteiger charge is -2.48. The fourth-order valence-electron chi connectivity index (χ4n) is 8.71. The van der Waals surface area contributed by atoms with Gasteiger partial charge in [0.25, 0.3) is 0 Å². The summed E-state index contributed by atoms with van der Waals surface area (Å²) in [5.74, 6) is -3.07. The van der Waals surface area contributed by atoms with Gasteiger partial charge in [0.1, 0.15) is 18.3 Å². The molecule has 4 aromatic rings. The van der Waals surface area contributed by atoms with Gasteiger partial charge < -0.3 is 42.6 Å². The zero-order valence-electron chi connectivity index (χ0n) is 37.5. The maximum atomic E-state index is 14.2. The largest absolute Gasteiger partial charge is 0.456 e. The predicted octanol–water partition coefficient (Wildman–Crippen LogP) is 8.10. The Morgan fingerprint density at radius 1 is 0.662 bits per heavy atom. The molecule has 0 radical (unpaired) electrons. The predicted molar refractivity (Wildman–Crippen MR) is 233 cm³/mol. The summed E-state index contributed by atoms with van der Waals surface area (Å²) in [5.41, 5.74) is 19.1. The smallest absolute Gasteiger partial charge is 0.338 e. The van der Waals surface area contributed by atoms with Crippen molar-refractivity contribution in [2.75, 3.05) is 6.61 Å². The van der Waals surface area contributed by atoms with E-state index in [0.717, 1.165) is 63.9 Å². The average molecular weight is 892 g/mol. The molecule has 11 atom stereocenters. The fourth-order valence-corrected chi connectivity index (χ4v) is 8.71. The Labute approximate surface area is 377 Å². The highest BCUT2D eigenvalue weighted by molar-refractivity contribution is 5.89. The van der Waals surface area contributed by atoms with Gasteiger partial charge in [-0.05, 0) is 102 Å². The summed E-state index contributed by atoms with van der Waals surface area (Å²) < 4.78 is 56.4. The summed E-state index contributed by atoms with van der Waals surface area (Å²) in [6, 6.07) is 24.9. The van der Waals surface area contributed by atoms with Crippen LogP contribution in [-0.2, 0) is 63.6 Å². The number of nitrogens with zero attached hydrogens (tertiary/aromatic N) is 3. The Balaban J connectivity index is 1.35. The maximum absolute atomic E-state index is 14.2. The lowest BCUT2D eigenvalue weighted by atomic mass is 9.76. The van der Waals surface area contributed by atoms with Crippen LogP contribution in [0.3, 0.4) is 0 Å². The fraction of sp³-hybridized carbons (Fsp3) is 0.429. The first kappa shape index (κ1) is 46.9. The molecule has 0 bridgehead atoms. The summed E-state index contributed by atoms with van der Waals surface area (Å²) in [7, 11) is 0. The summed E-state index contributed by atoms with van der Waals surface area (Å²) >= 11 is 0. The first-order valence-electron chi connectivity index (χ1n) is 21.4. The Morgan fingerprint density at radius 3 is 1.80 bits per heavy atom. The van der Waals surface area contributed by atoms with Crippen LogP contribution < -0.4 is 0 Å². The first-order valence-corrected chi connectivity index (χ1v) is 21.4. The third-order valence-corrected chi connectivity index (χ3v) is 12.0. The molecule has 2 aliphatic heterocycles. The standard InChI is InChI=1S/C49H53N3O13/c1-25-19-21-35-38(27(25)3)39-28(4)26(2)20-22-36(39)42(41(35)57-23-33-15-11-9-12-16-33)64-49-46(63-47(56)34-17-13-10-14-18-34)44(40(51-52-50)29(5)59-49)65-48-45(62-32(8)55)43(61-31(7)54)37(24-58-48)60-30(6)53/h9-22,29,37,40-46,48-49H,23-24H2,1-8H3/t29-,37-,40+,41+,42+,43+,44+,45-,46-,48+,49+/m1/s1. The van der Waals surface area contributed by atoms with Crippen molar-refractivity contribution in [2.24, 2.45) is 5.11 Å². The van der Waals surface area contributed by atoms with Gasteiger partial charge in [0.15, 0.2) is 37.0 Å². The molecule has 0 aromatic heterocycles. The highest BCUT2D eigenvalue weighted by Gasteiger charge is 2.55. The van der Waals surface area contributed by atoms with Gasteiger partial charge in [0, 0.05) is 25.7 Å². The van der Waals surface area contributed by atoms with Gasteiger partial charge in [-0.3, -0.25) is 14.4 Å². The van der Waals surface area contributed by atoms with Crippen LogP contribution in [0.1, 0.15) is 89.2 Å². The van der Waals surface area contributed by atoms with E-state index in [-0.39, 0.29) is 18.8 Å². The van der Waals surface area contributed by atoms with E-state index < -0.39 is 91.3 Å². The van der Waals surface area contributed by atoms with Gasteiger partial charge in [0.05, 0.1) is 30.9 Å². The zero-order chi connectivity index (χ0) is 46.5. The van der Waals surface area contributed by atoms with E-state index in [1.165, 1.54) is 6.92 Å². The first-order chi connectivity index (χ1) is 31.2. The monoisotopic (exact) mass is 891 g/mol. The molecule has 0 unspecified atom stereocenters. The third-order valence-electron chi connectivity index (χ3n) is 12.0. The number of hydrogen-bond acceptors (Lipinski definition) is 14. The Morgan fingerprint density at radius 2 is 1.22 bits per heavy atom. The number of rotatable bonds is 13. The van der Waals surface area contributed by atoms with Gasteiger partial charge >= 0.3 is 23.9 Å². The molecule has 3 aliphatic rings. The van der Waals surface area contributed by atoms with Crippen molar-refractivity contribution in [3.63, 3.8) is 0 Å². The van der Waals surface area contributed by atoms with Gasteiger partial charge in [-0.15, -0.1) is 0 Å². The van der Waals surface area contributed by atoms with Gasteiger partial charge in [-0.1, -0.05) is 77.9 Å². The minimum Gasteiger partial charge on any atom is -0.456 e. The molecule has 0 N–H and O–H groups in total. The van der Waals surface area contributed by atoms with E-state index in [2.05, 4.69) is 36.9 Å². The lowest BCUT2D eigenvalue weighted by Crippen LogP contribution is -2.64. The second-order valence-corrected chi connectivity index (χ2v) is 16.5. The molecular weight excluding hydrogens is 839 g/mol. The Bertz CT molecular complexity index is 2440. The molecule has 342 valence electrons. The molecule has 2 fully saturated rings. The molecule has 16 heteroatoms. The van der Waals surface area contributed by atoms with Gasteiger partial charge in [0.2, 0.25) is 0 Å². The maximum Gasteiger partial charge on any atom is 0.338 e. The van der Waals surface area contributed by atoms with E-state index >= 15 is 0 Å². The number of carbonyl (C=O) groups excluding carboxylic acids is 4. The summed E-state index contributed by atoms with van der Waals surface area (Å²) in [5, 5.41) is 4.05. The highest BCUT2D eigenvalue weighted by Crippen LogP contribution is 2.52. The van der Waals surface area contributed by atoms with Gasteiger partial charge in [-0.2, -0.15) is 0 Å². The van der Waals surface area contributed by atoms with Crippen LogP contribution in [0, 0.1) is 27.7 Å². The Kier molecular flexibility index (Phi) is 14.7. The molecule has 7 rings (SSSR count). The number of azide groups is 1. The van der Waals surface area contributed by atoms with Crippen molar-refractivity contribution in [3.05, 3.63) is 140 Å². The van der Waals surface area contributed by atoms with Crippen molar-refractivity contribution in [1.29, 1.82) is 0 Å². The normalized spacial score (nSPS) is 26.9. The summed E-state index contributed by atoms with van der Waals surface area (Å²) in [6.07, 6.45) is -12.6. The summed E-state index contributed by atoms with van der Waals surface area (Å²) in [6.45, 7) is 13.2. The molecule has 0 amide bonds. The molecule has 65 heavy (non-hydrogen) atoms. The molecule has 2 saturated heterocycles. The minimum absolute atomic E-state index is 0.188. The summed E-state index contributed by atoms with van der Waals surface area (Å²) in [4.78, 5) is 54.5. The van der Waals surface area contributed by atoms with Crippen LogP contribution in [0.2, 0.25) is 0 Å². The van der Waals surface area contributed by atoms with E-state index in [9.17, 15) is 24.7 Å². The van der Waals surface area contributed by atoms with Crippen molar-refractivity contribution in [3.8, 4) is 11.1 Å². The highest BCUT2D eigenvalue weighted by atomic mass is 16.8. The number of hydrogen-bond donors (Lipinski definition) is 0. The average Bonchev–Trinajstić information content (AvgIpc) is 3.27. The van der Waals surface area contributed by atoms with Gasteiger partial charge in [-0.25, -0.2) is 4.79 Å². The molecule has 16 nitrogen and oxygen atoms in total. The van der Waals surface area contributed by atoms with E-state index in [1.807, 2.05) is 55.5 Å². The van der Waals surface area contributed by atoms with E-state index in [4.69, 9.17) is 42.6 Å². The Hall–Kier alpha value is -6.13. The molecular formula is C49H53N3O13. The number of esters is 4. The third kappa shape index (κ3) is 10.2. The molecule has 0 spiro atoms. The minimum atomic E-state index is -1.57. The number of fused-ring (bicyclic) bond motifs is 3. The quantitative estimate of drug-likeness (QED) is 0.0410. The number of aryl methyl sites for hydroxylation is 2. The number of carbonyl (C=O) groups is 4. The van der Waals surface area contributed by atoms with Crippen LogP contribution in [0.5, 0.6) is 0 Å². The molecule has 4 aromatic carbocycles. The zero-order valence-corrected chi connectivity index (χ0v) is 37.5. The van der Waals surface area contributed by atoms with Crippen molar-refractivity contribution < 1.29 is 61.8 Å². The SMILES string of the molecule is CC(=O)O[C@@H]1[C@@H](OC(C)=O)[C@H](O[C@H]2[C@@H](N=[N+]=[N-])[C@@H](C)O[C@@H](O[C@H]3c4ccc(C)c(C)c4-c4c(ccc(C)c4C)[C@@H]3OCc3ccccc3)[C@@H]2OC(=O)c2ccccc2)OC[C@H]1OC(C)=O. The number of benzene rings is 4. The van der Waals surface area contributed by atoms with Crippen LogP contribution in [0.25, 0.3) is 21.6 Å². The van der Waals surface area contributed by atoms with Crippen molar-refractivity contribution in [1.82, 2.24) is 0 Å².